The second-order valence-corrected chi connectivity index (χ2v) is 9.98. The van der Waals surface area contributed by atoms with Gasteiger partial charge in [0, 0.05) is 19.9 Å². The number of nitrogens with two attached hydrogens (primary N) is 1. The van der Waals surface area contributed by atoms with Crippen molar-refractivity contribution < 1.29 is 46.6 Å². The summed E-state index contributed by atoms with van der Waals surface area (Å²) in [6.45, 7) is 3.02. The molecule has 2 aromatic carbocycles. The number of methoxy groups -OCH3 is 3. The highest BCUT2D eigenvalue weighted by Gasteiger charge is 2.73. The Labute approximate surface area is 201 Å². The lowest BCUT2D eigenvalue weighted by Crippen LogP contribution is -2.77. The van der Waals surface area contributed by atoms with Gasteiger partial charge < -0.3 is 34.5 Å². The van der Waals surface area contributed by atoms with Crippen LogP contribution in [0.15, 0.2) is 36.4 Å². The number of nitrogens with zero attached hydrogens (tertiary/aromatic N) is 1. The maximum absolute atomic E-state index is 12.6. The SMILES string of the molecule is COC(=O)c1ccc2c(c1)N(C1(OC)c3cc(N)ccc3OC(C)(C)C1(O)OC)C(S(=O)(=O)O)O2. The van der Waals surface area contributed by atoms with E-state index in [-0.39, 0.29) is 34.0 Å². The van der Waals surface area contributed by atoms with Crippen LogP contribution in [0, 0.1) is 0 Å². The van der Waals surface area contributed by atoms with Crippen LogP contribution in [0.1, 0.15) is 29.8 Å². The van der Waals surface area contributed by atoms with Gasteiger partial charge in [-0.05, 0) is 50.2 Å². The van der Waals surface area contributed by atoms with Crippen molar-refractivity contribution in [1.82, 2.24) is 0 Å². The number of nitrogen functional groups attached to an aromatic ring is 1. The molecule has 2 aromatic rings. The monoisotopic (exact) mass is 510 g/mol. The molecule has 3 atom stereocenters. The zero-order valence-corrected chi connectivity index (χ0v) is 20.5. The highest BCUT2D eigenvalue weighted by atomic mass is 32.2. The van der Waals surface area contributed by atoms with E-state index in [1.165, 1.54) is 65.5 Å². The molecular formula is C22H26N2O10S. The number of benzene rings is 2. The molecule has 4 rings (SSSR count). The molecule has 0 bridgehead atoms. The average molecular weight is 511 g/mol. The third kappa shape index (κ3) is 3.34. The van der Waals surface area contributed by atoms with Gasteiger partial charge in [0.1, 0.15) is 11.5 Å². The van der Waals surface area contributed by atoms with E-state index in [9.17, 15) is 22.9 Å². The van der Waals surface area contributed by atoms with E-state index in [4.69, 9.17) is 29.4 Å². The standard InChI is InChI=1S/C22H26N2O10S/c1-20(2)22(26,32-5)21(31-4,14-11-13(23)7-9-16(14)34-20)24-15-10-12(18(25)30-3)6-8-17(15)33-19(24)35(27,28)29/h6-11,19,26H,23H2,1-5H3,(H,27,28,29). The quantitative estimate of drug-likeness (QED) is 0.229. The van der Waals surface area contributed by atoms with Gasteiger partial charge in [-0.2, -0.15) is 8.42 Å². The summed E-state index contributed by atoms with van der Waals surface area (Å²) >= 11 is 0. The minimum Gasteiger partial charge on any atom is -0.482 e. The number of anilines is 2. The minimum atomic E-state index is -5.00. The van der Waals surface area contributed by atoms with Crippen LogP contribution < -0.4 is 20.1 Å². The van der Waals surface area contributed by atoms with Crippen LogP contribution in [0.2, 0.25) is 0 Å². The summed E-state index contributed by atoms with van der Waals surface area (Å²) in [5.74, 6) is -2.98. The second-order valence-electron chi connectivity index (χ2n) is 8.55. The van der Waals surface area contributed by atoms with Crippen LogP contribution in [-0.4, -0.2) is 62.3 Å². The normalized spacial score (nSPS) is 26.8. The summed E-state index contributed by atoms with van der Waals surface area (Å²) in [5, 5.41) is 12.1. The summed E-state index contributed by atoms with van der Waals surface area (Å²) < 4.78 is 63.3. The average Bonchev–Trinajstić information content (AvgIpc) is 3.19. The molecule has 12 nitrogen and oxygen atoms in total. The topological polar surface area (TPSA) is 167 Å². The van der Waals surface area contributed by atoms with Crippen LogP contribution in [0.25, 0.3) is 0 Å². The van der Waals surface area contributed by atoms with Gasteiger partial charge in [-0.15, -0.1) is 0 Å². The molecule has 2 heterocycles. The molecule has 35 heavy (non-hydrogen) atoms. The Hall–Kier alpha value is -3.10. The van der Waals surface area contributed by atoms with Gasteiger partial charge in [0.2, 0.25) is 5.72 Å². The van der Waals surface area contributed by atoms with E-state index < -0.39 is 38.8 Å². The van der Waals surface area contributed by atoms with Gasteiger partial charge >= 0.3 is 21.6 Å². The highest BCUT2D eigenvalue weighted by molar-refractivity contribution is 7.86. The molecular weight excluding hydrogens is 484 g/mol. The highest BCUT2D eigenvalue weighted by Crippen LogP contribution is 2.59. The van der Waals surface area contributed by atoms with Crippen molar-refractivity contribution in [3.8, 4) is 11.5 Å². The summed E-state index contributed by atoms with van der Waals surface area (Å²) in [4.78, 5) is 13.2. The van der Waals surface area contributed by atoms with Crippen LogP contribution in [-0.2, 0) is 30.1 Å². The Balaban J connectivity index is 2.15. The van der Waals surface area contributed by atoms with E-state index in [2.05, 4.69) is 0 Å². The number of fused-ring (bicyclic) bond motifs is 2. The van der Waals surface area contributed by atoms with Gasteiger partial charge in [0.25, 0.3) is 5.79 Å². The number of carbonyl (C=O) groups excluding carboxylic acids is 1. The Bertz CT molecular complexity index is 1300. The molecule has 0 radical (unpaired) electrons. The fourth-order valence-corrected chi connectivity index (χ4v) is 5.45. The summed E-state index contributed by atoms with van der Waals surface area (Å²) in [7, 11) is -1.42. The van der Waals surface area contributed by atoms with Gasteiger partial charge in [-0.1, -0.05) is 0 Å². The third-order valence-electron chi connectivity index (χ3n) is 6.27. The Kier molecular flexibility index (Phi) is 5.69. The third-order valence-corrected chi connectivity index (χ3v) is 7.09. The molecule has 0 saturated carbocycles. The van der Waals surface area contributed by atoms with E-state index in [0.717, 1.165) is 4.90 Å². The fraction of sp³-hybridized carbons (Fsp3) is 0.409. The van der Waals surface area contributed by atoms with E-state index in [1.54, 1.807) is 6.07 Å². The van der Waals surface area contributed by atoms with E-state index in [1.807, 2.05) is 0 Å². The van der Waals surface area contributed by atoms with E-state index >= 15 is 0 Å². The van der Waals surface area contributed by atoms with Crippen molar-refractivity contribution in [2.75, 3.05) is 32.0 Å². The van der Waals surface area contributed by atoms with Gasteiger partial charge in [-0.25, -0.2) is 4.79 Å². The van der Waals surface area contributed by atoms with Crippen molar-refractivity contribution in [3.05, 3.63) is 47.5 Å². The lowest BCUT2D eigenvalue weighted by molar-refractivity contribution is -0.368. The van der Waals surface area contributed by atoms with Crippen molar-refractivity contribution in [2.45, 2.75) is 36.5 Å². The van der Waals surface area contributed by atoms with Crippen LogP contribution in [0.5, 0.6) is 11.5 Å². The van der Waals surface area contributed by atoms with Crippen molar-refractivity contribution in [2.24, 2.45) is 0 Å². The first-order valence-electron chi connectivity index (χ1n) is 10.3. The number of hydrogen-bond acceptors (Lipinski definition) is 11. The van der Waals surface area contributed by atoms with Crippen LogP contribution in [0.4, 0.5) is 11.4 Å². The number of carbonyl (C=O) groups is 1. The van der Waals surface area contributed by atoms with Crippen LogP contribution >= 0.6 is 0 Å². The van der Waals surface area contributed by atoms with E-state index in [0.29, 0.717) is 0 Å². The lowest BCUT2D eigenvalue weighted by atomic mass is 9.78. The Morgan fingerprint density at radius 3 is 2.31 bits per heavy atom. The zero-order chi connectivity index (χ0) is 26.0. The van der Waals surface area contributed by atoms with Gasteiger partial charge in [-0.3, -0.25) is 9.45 Å². The minimum absolute atomic E-state index is 0.0149. The summed E-state index contributed by atoms with van der Waals surface area (Å²) in [6.07, 6.45) is 0. The molecule has 0 amide bonds. The number of hydrogen-bond donors (Lipinski definition) is 3. The maximum Gasteiger partial charge on any atom is 0.337 e. The lowest BCUT2D eigenvalue weighted by Gasteiger charge is -2.58. The van der Waals surface area contributed by atoms with Crippen molar-refractivity contribution in [1.29, 1.82) is 0 Å². The molecule has 0 saturated heterocycles. The fourth-order valence-electron chi connectivity index (χ4n) is 4.70. The molecule has 3 unspecified atom stereocenters. The number of rotatable bonds is 5. The zero-order valence-electron chi connectivity index (χ0n) is 19.6. The first-order chi connectivity index (χ1) is 16.3. The predicted octanol–water partition coefficient (Wildman–Crippen LogP) is 1.43. The first kappa shape index (κ1) is 25.0. The molecule has 13 heteroatoms. The maximum atomic E-state index is 12.6. The Morgan fingerprint density at radius 1 is 1.09 bits per heavy atom. The largest absolute Gasteiger partial charge is 0.482 e. The molecule has 0 aliphatic carbocycles. The van der Waals surface area contributed by atoms with Crippen molar-refractivity contribution in [3.63, 3.8) is 0 Å². The molecule has 190 valence electrons. The van der Waals surface area contributed by atoms with Gasteiger partial charge in [0.05, 0.1) is 23.9 Å². The summed E-state index contributed by atoms with van der Waals surface area (Å²) in [5.41, 5.74) is 0.464. The van der Waals surface area contributed by atoms with Crippen molar-refractivity contribution >= 4 is 27.5 Å². The second kappa shape index (κ2) is 7.96. The number of esters is 1. The van der Waals surface area contributed by atoms with Crippen LogP contribution in [0.3, 0.4) is 0 Å². The molecule has 0 fully saturated rings. The predicted molar refractivity (Wildman–Crippen MR) is 122 cm³/mol. The molecule has 0 spiro atoms. The number of ether oxygens (including phenoxy) is 5. The van der Waals surface area contributed by atoms with Gasteiger partial charge in [0.15, 0.2) is 5.60 Å². The Morgan fingerprint density at radius 2 is 1.74 bits per heavy atom. The molecule has 0 aromatic heterocycles. The smallest absolute Gasteiger partial charge is 0.337 e. The molecule has 2 aliphatic heterocycles. The molecule has 4 N–H and O–H groups in total. The summed E-state index contributed by atoms with van der Waals surface area (Å²) in [6, 6.07) is 8.48. The molecule has 2 aliphatic rings. The number of aliphatic hydroxyl groups is 1. The first-order valence-corrected chi connectivity index (χ1v) is 11.8.